The van der Waals surface area contributed by atoms with Crippen molar-refractivity contribution in [2.45, 2.75) is 116 Å². The van der Waals surface area contributed by atoms with Crippen LogP contribution in [0.4, 0.5) is 5.69 Å². The number of amides is 3. The van der Waals surface area contributed by atoms with Crippen LogP contribution in [0.25, 0.3) is 0 Å². The van der Waals surface area contributed by atoms with Crippen LogP contribution in [0.3, 0.4) is 0 Å². The number of carbonyl (C=O) groups is 3. The molecule has 1 aromatic carbocycles. The molecule has 2 aliphatic carbocycles. The van der Waals surface area contributed by atoms with Gasteiger partial charge in [-0.3, -0.25) is 14.4 Å². The van der Waals surface area contributed by atoms with Gasteiger partial charge in [0.05, 0.1) is 17.9 Å². The maximum Gasteiger partial charge on any atom is 0.246 e. The number of hydrogen-bond donors (Lipinski definition) is 2. The number of ether oxygens (including phenoxy) is 1. The minimum Gasteiger partial charge on any atom is -0.359 e. The van der Waals surface area contributed by atoms with Crippen LogP contribution in [0.1, 0.15) is 91.5 Å². The SMILES string of the molecule is CC(C)c1ccc(NC(=O)C2[C@H]3C=CC4(O3)C(C(=O)NC3CCCC(C)C3C)N(C3CCCC(C)C3C)C(=O)[C@@H]24)cc1. The fourth-order valence-electron chi connectivity index (χ4n) is 8.73. The summed E-state index contributed by atoms with van der Waals surface area (Å²) in [6.07, 6.45) is 9.57. The second-order valence-electron chi connectivity index (χ2n) is 14.4. The highest BCUT2D eigenvalue weighted by atomic mass is 16.5. The summed E-state index contributed by atoms with van der Waals surface area (Å²) < 4.78 is 6.64. The standard InChI is InChI=1S/C35H49N3O4/c1-19(2)24-13-15-25(16-14-24)36-32(39)29-28-17-18-35(42-28)30(29)34(41)38(27-12-8-10-21(4)23(27)6)31(35)33(40)37-26-11-7-9-20(3)22(26)5/h13-23,26-31H,7-12H2,1-6H3,(H,36,39)(H,37,40)/t20?,21?,22?,23?,26?,27?,28-,29?,30-,31?,35?/m1/s1. The van der Waals surface area contributed by atoms with Crippen LogP contribution in [0.5, 0.6) is 0 Å². The van der Waals surface area contributed by atoms with Crippen molar-refractivity contribution < 1.29 is 19.1 Å². The second-order valence-corrected chi connectivity index (χ2v) is 14.4. The summed E-state index contributed by atoms with van der Waals surface area (Å²) in [5.41, 5.74) is 0.780. The highest BCUT2D eigenvalue weighted by molar-refractivity contribution is 6.03. The summed E-state index contributed by atoms with van der Waals surface area (Å²) in [6.45, 7) is 13.2. The first-order valence-corrected chi connectivity index (χ1v) is 16.4. The molecule has 7 nitrogen and oxygen atoms in total. The Bertz CT molecular complexity index is 1240. The average molecular weight is 576 g/mol. The molecular formula is C35H49N3O4. The topological polar surface area (TPSA) is 87.7 Å². The van der Waals surface area contributed by atoms with E-state index in [1.807, 2.05) is 41.3 Å². The van der Waals surface area contributed by atoms with E-state index in [2.05, 4.69) is 52.2 Å². The summed E-state index contributed by atoms with van der Waals surface area (Å²) in [7, 11) is 0. The third kappa shape index (κ3) is 4.71. The van der Waals surface area contributed by atoms with E-state index < -0.39 is 29.6 Å². The van der Waals surface area contributed by atoms with Crippen molar-refractivity contribution in [3.63, 3.8) is 0 Å². The van der Waals surface area contributed by atoms with E-state index in [1.54, 1.807) is 0 Å². The molecule has 2 saturated heterocycles. The summed E-state index contributed by atoms with van der Waals surface area (Å²) in [5, 5.41) is 6.47. The summed E-state index contributed by atoms with van der Waals surface area (Å²) in [6, 6.07) is 7.14. The Morgan fingerprint density at radius 3 is 2.29 bits per heavy atom. The predicted octanol–water partition coefficient (Wildman–Crippen LogP) is 5.66. The van der Waals surface area contributed by atoms with Crippen LogP contribution >= 0.6 is 0 Å². The Kier molecular flexibility index (Phi) is 7.78. The average Bonchev–Trinajstić information content (AvgIpc) is 3.60. The van der Waals surface area contributed by atoms with Crippen LogP contribution < -0.4 is 10.6 Å². The highest BCUT2D eigenvalue weighted by Gasteiger charge is 2.73. The lowest BCUT2D eigenvalue weighted by atomic mass is 9.73. The van der Waals surface area contributed by atoms with Crippen molar-refractivity contribution >= 4 is 23.4 Å². The molecule has 228 valence electrons. The number of anilines is 1. The van der Waals surface area contributed by atoms with Gasteiger partial charge in [0, 0.05) is 17.8 Å². The lowest BCUT2D eigenvalue weighted by Crippen LogP contribution is -2.61. The minimum atomic E-state index is -1.13. The fraction of sp³-hybridized carbons (Fsp3) is 0.686. The van der Waals surface area contributed by atoms with Crippen molar-refractivity contribution in [2.24, 2.45) is 35.5 Å². The predicted molar refractivity (Wildman–Crippen MR) is 164 cm³/mol. The van der Waals surface area contributed by atoms with Gasteiger partial charge in [-0.15, -0.1) is 0 Å². The van der Waals surface area contributed by atoms with Gasteiger partial charge in [-0.2, -0.15) is 0 Å². The number of nitrogens with zero attached hydrogens (tertiary/aromatic N) is 1. The van der Waals surface area contributed by atoms with Crippen molar-refractivity contribution in [1.82, 2.24) is 10.2 Å². The second kappa shape index (κ2) is 11.1. The number of fused-ring (bicyclic) bond motifs is 1. The van der Waals surface area contributed by atoms with Crippen LogP contribution in [0, 0.1) is 35.5 Å². The highest BCUT2D eigenvalue weighted by Crippen LogP contribution is 2.57. The van der Waals surface area contributed by atoms with E-state index in [1.165, 1.54) is 12.0 Å². The molecule has 9 unspecified atom stereocenters. The smallest absolute Gasteiger partial charge is 0.246 e. The van der Waals surface area contributed by atoms with Crippen LogP contribution in [-0.4, -0.2) is 52.5 Å². The van der Waals surface area contributed by atoms with Crippen molar-refractivity contribution in [3.05, 3.63) is 42.0 Å². The quantitative estimate of drug-likeness (QED) is 0.428. The molecule has 6 rings (SSSR count). The normalized spacial score (nSPS) is 40.8. The van der Waals surface area contributed by atoms with Gasteiger partial charge in [0.15, 0.2) is 0 Å². The van der Waals surface area contributed by atoms with E-state index >= 15 is 0 Å². The molecule has 2 bridgehead atoms. The molecule has 1 spiro atoms. The Morgan fingerprint density at radius 2 is 1.60 bits per heavy atom. The molecule has 5 aliphatic rings. The number of rotatable bonds is 6. The molecule has 11 atom stereocenters. The van der Waals surface area contributed by atoms with Crippen LogP contribution in [0.15, 0.2) is 36.4 Å². The Morgan fingerprint density at radius 1 is 0.929 bits per heavy atom. The van der Waals surface area contributed by atoms with E-state index in [0.717, 1.165) is 32.1 Å². The number of carbonyl (C=O) groups excluding carboxylic acids is 3. The van der Waals surface area contributed by atoms with E-state index in [4.69, 9.17) is 4.74 Å². The van der Waals surface area contributed by atoms with Crippen molar-refractivity contribution in [1.29, 1.82) is 0 Å². The lowest BCUT2D eigenvalue weighted by Gasteiger charge is -2.44. The van der Waals surface area contributed by atoms with Crippen LogP contribution in [-0.2, 0) is 19.1 Å². The molecule has 0 radical (unpaired) electrons. The molecular weight excluding hydrogens is 526 g/mol. The largest absolute Gasteiger partial charge is 0.359 e. The molecule has 3 amide bonds. The number of hydrogen-bond acceptors (Lipinski definition) is 4. The molecule has 1 aromatic rings. The number of benzene rings is 1. The van der Waals surface area contributed by atoms with Gasteiger partial charge >= 0.3 is 0 Å². The van der Waals surface area contributed by atoms with Gasteiger partial charge in [-0.05, 0) is 60.1 Å². The van der Waals surface area contributed by atoms with Gasteiger partial charge in [-0.25, -0.2) is 0 Å². The Balaban J connectivity index is 1.32. The van der Waals surface area contributed by atoms with Gasteiger partial charge in [0.1, 0.15) is 11.6 Å². The zero-order chi connectivity index (χ0) is 29.9. The molecule has 42 heavy (non-hydrogen) atoms. The maximum absolute atomic E-state index is 14.6. The Hall–Kier alpha value is -2.67. The maximum atomic E-state index is 14.6. The monoisotopic (exact) mass is 575 g/mol. The number of nitrogens with one attached hydrogen (secondary N) is 2. The molecule has 2 saturated carbocycles. The molecule has 4 fully saturated rings. The van der Waals surface area contributed by atoms with Gasteiger partial charge < -0.3 is 20.3 Å². The third-order valence-corrected chi connectivity index (χ3v) is 11.8. The van der Waals surface area contributed by atoms with Crippen molar-refractivity contribution in [2.75, 3.05) is 5.32 Å². The van der Waals surface area contributed by atoms with E-state index in [-0.39, 0.29) is 35.7 Å². The summed E-state index contributed by atoms with van der Waals surface area (Å²) in [4.78, 5) is 44.8. The fourth-order valence-corrected chi connectivity index (χ4v) is 8.73. The first-order valence-electron chi connectivity index (χ1n) is 16.4. The lowest BCUT2D eigenvalue weighted by molar-refractivity contribution is -0.146. The summed E-state index contributed by atoms with van der Waals surface area (Å²) in [5.74, 6) is 0.169. The first kappa shape index (κ1) is 29.4. The van der Waals surface area contributed by atoms with Gasteiger partial charge in [-0.1, -0.05) is 91.5 Å². The van der Waals surface area contributed by atoms with Crippen LogP contribution in [0.2, 0.25) is 0 Å². The molecule has 3 heterocycles. The summed E-state index contributed by atoms with van der Waals surface area (Å²) >= 11 is 0. The number of likely N-dealkylation sites (tertiary alicyclic amines) is 1. The van der Waals surface area contributed by atoms with Gasteiger partial charge in [0.25, 0.3) is 0 Å². The molecule has 0 aromatic heterocycles. The van der Waals surface area contributed by atoms with E-state index in [0.29, 0.717) is 29.4 Å². The third-order valence-electron chi connectivity index (χ3n) is 11.8. The van der Waals surface area contributed by atoms with E-state index in [9.17, 15) is 14.4 Å². The first-order chi connectivity index (χ1) is 20.0. The zero-order valence-corrected chi connectivity index (χ0v) is 26.1. The molecule has 7 heteroatoms. The Labute approximate surface area is 251 Å². The van der Waals surface area contributed by atoms with Crippen molar-refractivity contribution in [3.8, 4) is 0 Å². The molecule has 2 N–H and O–H groups in total. The minimum absolute atomic E-state index is 0.0528. The zero-order valence-electron chi connectivity index (χ0n) is 26.1. The molecule has 3 aliphatic heterocycles. The van der Waals surface area contributed by atoms with Gasteiger partial charge in [0.2, 0.25) is 17.7 Å².